The Balaban J connectivity index is 2.13. The molecule has 1 heterocycles. The summed E-state index contributed by atoms with van der Waals surface area (Å²) in [5, 5.41) is 3.87. The third-order valence-corrected chi connectivity index (χ3v) is 4.08. The van der Waals surface area contributed by atoms with Gasteiger partial charge in [-0.25, -0.2) is 0 Å². The van der Waals surface area contributed by atoms with Gasteiger partial charge in [-0.3, -0.25) is 4.79 Å². The van der Waals surface area contributed by atoms with E-state index in [4.69, 9.17) is 11.6 Å². The third-order valence-electron chi connectivity index (χ3n) is 2.98. The second-order valence-electron chi connectivity index (χ2n) is 4.76. The van der Waals surface area contributed by atoms with Crippen molar-refractivity contribution in [3.05, 3.63) is 57.2 Å². The Morgan fingerprint density at radius 2 is 1.95 bits per heavy atom. The Kier molecular flexibility index (Phi) is 5.47. The quantitative estimate of drug-likeness (QED) is 0.778. The highest BCUT2D eigenvalue weighted by Crippen LogP contribution is 2.21. The molecular formula is C15H13ClF3NOS. The van der Waals surface area contributed by atoms with Crippen LogP contribution in [-0.2, 0) is 17.8 Å². The molecule has 0 aliphatic heterocycles. The minimum absolute atomic E-state index is 0.0632. The zero-order valence-corrected chi connectivity index (χ0v) is 13.0. The van der Waals surface area contributed by atoms with Crippen molar-refractivity contribution in [2.75, 3.05) is 6.54 Å². The monoisotopic (exact) mass is 347 g/mol. The fourth-order valence-electron chi connectivity index (χ4n) is 1.97. The number of thiophene rings is 1. The molecule has 2 nitrogen and oxygen atoms in total. The van der Waals surface area contributed by atoms with Crippen molar-refractivity contribution < 1.29 is 18.0 Å². The SMILES string of the molecule is O=C(Cc1ccccc1Cl)N(Cc1ccsc1)CC(F)(F)F. The summed E-state index contributed by atoms with van der Waals surface area (Å²) in [7, 11) is 0. The number of amides is 1. The van der Waals surface area contributed by atoms with Crippen molar-refractivity contribution >= 4 is 28.8 Å². The van der Waals surface area contributed by atoms with E-state index in [-0.39, 0.29) is 13.0 Å². The van der Waals surface area contributed by atoms with Crippen LogP contribution < -0.4 is 0 Å². The minimum Gasteiger partial charge on any atom is -0.329 e. The van der Waals surface area contributed by atoms with Gasteiger partial charge in [0.25, 0.3) is 0 Å². The van der Waals surface area contributed by atoms with E-state index in [9.17, 15) is 18.0 Å². The number of benzene rings is 1. The highest BCUT2D eigenvalue weighted by molar-refractivity contribution is 7.07. The summed E-state index contributed by atoms with van der Waals surface area (Å²) in [5.74, 6) is -0.600. The van der Waals surface area contributed by atoms with Crippen LogP contribution in [-0.4, -0.2) is 23.5 Å². The summed E-state index contributed by atoms with van der Waals surface area (Å²) in [5.41, 5.74) is 1.20. The smallest absolute Gasteiger partial charge is 0.329 e. The molecule has 0 saturated heterocycles. The summed E-state index contributed by atoms with van der Waals surface area (Å²) < 4.78 is 38.1. The predicted octanol–water partition coefficient (Wildman–Crippen LogP) is 4.54. The number of rotatable bonds is 5. The van der Waals surface area contributed by atoms with Gasteiger partial charge >= 0.3 is 6.18 Å². The minimum atomic E-state index is -4.44. The molecule has 0 bridgehead atoms. The molecule has 0 aliphatic carbocycles. The van der Waals surface area contributed by atoms with Gasteiger partial charge in [0.1, 0.15) is 6.54 Å². The molecule has 0 fully saturated rings. The summed E-state index contributed by atoms with van der Waals surface area (Å²) in [6, 6.07) is 8.35. The average molecular weight is 348 g/mol. The molecule has 0 radical (unpaired) electrons. The molecule has 1 aromatic carbocycles. The maximum absolute atomic E-state index is 12.7. The fourth-order valence-corrected chi connectivity index (χ4v) is 2.83. The lowest BCUT2D eigenvalue weighted by molar-refractivity contribution is -0.162. The lowest BCUT2D eigenvalue weighted by Crippen LogP contribution is -2.39. The zero-order valence-electron chi connectivity index (χ0n) is 11.4. The van der Waals surface area contributed by atoms with Crippen LogP contribution in [0.5, 0.6) is 0 Å². The topological polar surface area (TPSA) is 20.3 Å². The highest BCUT2D eigenvalue weighted by atomic mass is 35.5. The maximum Gasteiger partial charge on any atom is 0.406 e. The Bertz CT molecular complexity index is 628. The van der Waals surface area contributed by atoms with Crippen LogP contribution in [0, 0.1) is 0 Å². The lowest BCUT2D eigenvalue weighted by atomic mass is 10.1. The molecule has 7 heteroatoms. The Morgan fingerprint density at radius 3 is 2.55 bits per heavy atom. The van der Waals surface area contributed by atoms with E-state index < -0.39 is 18.6 Å². The van der Waals surface area contributed by atoms with Gasteiger partial charge in [-0.15, -0.1) is 0 Å². The first kappa shape index (κ1) is 16.8. The van der Waals surface area contributed by atoms with E-state index >= 15 is 0 Å². The van der Waals surface area contributed by atoms with Gasteiger partial charge in [-0.05, 0) is 34.0 Å². The predicted molar refractivity (Wildman–Crippen MR) is 80.9 cm³/mol. The number of alkyl halides is 3. The average Bonchev–Trinajstić information content (AvgIpc) is 2.92. The van der Waals surface area contributed by atoms with Crippen LogP contribution in [0.25, 0.3) is 0 Å². The van der Waals surface area contributed by atoms with Gasteiger partial charge in [0.15, 0.2) is 0 Å². The van der Waals surface area contributed by atoms with E-state index in [0.29, 0.717) is 16.1 Å². The molecule has 0 N–H and O–H groups in total. The number of carbonyl (C=O) groups is 1. The van der Waals surface area contributed by atoms with Crippen molar-refractivity contribution in [1.29, 1.82) is 0 Å². The third kappa shape index (κ3) is 5.03. The van der Waals surface area contributed by atoms with Crippen molar-refractivity contribution in [2.24, 2.45) is 0 Å². The van der Waals surface area contributed by atoms with Crippen molar-refractivity contribution in [3.8, 4) is 0 Å². The van der Waals surface area contributed by atoms with Gasteiger partial charge in [0.05, 0.1) is 6.42 Å². The molecular weight excluding hydrogens is 335 g/mol. The second-order valence-corrected chi connectivity index (χ2v) is 5.95. The van der Waals surface area contributed by atoms with Gasteiger partial charge in [0, 0.05) is 11.6 Å². The molecule has 0 spiro atoms. The standard InChI is InChI=1S/C15H13ClF3NOS/c16-13-4-2-1-3-12(13)7-14(21)20(10-15(17,18)19)8-11-5-6-22-9-11/h1-6,9H,7-8,10H2. The van der Waals surface area contributed by atoms with E-state index in [2.05, 4.69) is 0 Å². The number of carbonyl (C=O) groups excluding carboxylic acids is 1. The van der Waals surface area contributed by atoms with E-state index in [1.807, 2.05) is 0 Å². The summed E-state index contributed by atoms with van der Waals surface area (Å²) in [6.07, 6.45) is -4.59. The number of hydrogen-bond donors (Lipinski definition) is 0. The van der Waals surface area contributed by atoms with Gasteiger partial charge in [-0.2, -0.15) is 24.5 Å². The van der Waals surface area contributed by atoms with Crippen LogP contribution in [0.3, 0.4) is 0 Å². The van der Waals surface area contributed by atoms with Crippen LogP contribution in [0.2, 0.25) is 5.02 Å². The van der Waals surface area contributed by atoms with Crippen molar-refractivity contribution in [1.82, 2.24) is 4.90 Å². The molecule has 118 valence electrons. The highest BCUT2D eigenvalue weighted by Gasteiger charge is 2.33. The van der Waals surface area contributed by atoms with Crippen molar-refractivity contribution in [3.63, 3.8) is 0 Å². The Morgan fingerprint density at radius 1 is 1.23 bits per heavy atom. The fraction of sp³-hybridized carbons (Fsp3) is 0.267. The maximum atomic E-state index is 12.7. The van der Waals surface area contributed by atoms with E-state index in [0.717, 1.165) is 4.90 Å². The molecule has 2 rings (SSSR count). The van der Waals surface area contributed by atoms with E-state index in [1.165, 1.54) is 11.3 Å². The first-order valence-electron chi connectivity index (χ1n) is 6.44. The summed E-state index contributed by atoms with van der Waals surface area (Å²) >= 11 is 7.33. The first-order chi connectivity index (χ1) is 10.3. The lowest BCUT2D eigenvalue weighted by Gasteiger charge is -2.24. The Labute approximate surface area is 135 Å². The molecule has 1 amide bonds. The Hall–Kier alpha value is -1.53. The van der Waals surface area contributed by atoms with E-state index in [1.54, 1.807) is 41.1 Å². The molecule has 2 aromatic rings. The molecule has 0 unspecified atom stereocenters. The van der Waals surface area contributed by atoms with Crippen LogP contribution >= 0.6 is 22.9 Å². The summed E-state index contributed by atoms with van der Waals surface area (Å²) in [4.78, 5) is 13.1. The normalized spacial score (nSPS) is 11.5. The molecule has 0 saturated carbocycles. The van der Waals surface area contributed by atoms with Crippen LogP contribution in [0.15, 0.2) is 41.1 Å². The number of nitrogens with zero attached hydrogens (tertiary/aromatic N) is 1. The zero-order chi connectivity index (χ0) is 16.2. The number of halogens is 4. The first-order valence-corrected chi connectivity index (χ1v) is 7.76. The second kappa shape index (κ2) is 7.15. The summed E-state index contributed by atoms with van der Waals surface area (Å²) in [6.45, 7) is -1.33. The number of hydrogen-bond acceptors (Lipinski definition) is 2. The molecule has 0 aliphatic rings. The van der Waals surface area contributed by atoms with Crippen molar-refractivity contribution in [2.45, 2.75) is 19.1 Å². The molecule has 0 atom stereocenters. The van der Waals surface area contributed by atoms with Gasteiger partial charge in [-0.1, -0.05) is 29.8 Å². The molecule has 1 aromatic heterocycles. The van der Waals surface area contributed by atoms with Crippen LogP contribution in [0.1, 0.15) is 11.1 Å². The largest absolute Gasteiger partial charge is 0.406 e. The van der Waals surface area contributed by atoms with Gasteiger partial charge < -0.3 is 4.90 Å². The van der Waals surface area contributed by atoms with Crippen LogP contribution in [0.4, 0.5) is 13.2 Å². The van der Waals surface area contributed by atoms with Gasteiger partial charge in [0.2, 0.25) is 5.91 Å². The molecule has 22 heavy (non-hydrogen) atoms.